The Bertz CT molecular complexity index is 749. The molecular formula is C20H18FNO. The molecule has 1 heterocycles. The van der Waals surface area contributed by atoms with Gasteiger partial charge in [-0.3, -0.25) is 4.79 Å². The number of carbonyl (C=O) groups excluding carboxylic acids is 1. The van der Waals surface area contributed by atoms with Gasteiger partial charge < -0.3 is 4.90 Å². The van der Waals surface area contributed by atoms with Crippen LogP contribution in [0.2, 0.25) is 0 Å². The Morgan fingerprint density at radius 3 is 2.48 bits per heavy atom. The van der Waals surface area contributed by atoms with E-state index in [9.17, 15) is 9.18 Å². The summed E-state index contributed by atoms with van der Waals surface area (Å²) in [5.74, 6) is -0.405. The van der Waals surface area contributed by atoms with Gasteiger partial charge in [0, 0.05) is 24.7 Å². The topological polar surface area (TPSA) is 20.3 Å². The minimum absolute atomic E-state index is 0.0865. The van der Waals surface area contributed by atoms with E-state index in [1.807, 2.05) is 18.2 Å². The standard InChI is InChI=1S/C20H18FNO/c21-19-9-5-4-8-18(19)10-11-20(23)22-14-12-17(13-15-22)16-6-2-1-3-7-16/h1-12H,13-15H2/b11-10+. The monoisotopic (exact) mass is 307 g/mol. The van der Waals surface area contributed by atoms with Crippen LogP contribution >= 0.6 is 0 Å². The molecule has 0 atom stereocenters. The highest BCUT2D eigenvalue weighted by Crippen LogP contribution is 2.22. The Labute approximate surface area is 135 Å². The number of hydrogen-bond donors (Lipinski definition) is 0. The summed E-state index contributed by atoms with van der Waals surface area (Å²) in [6, 6.07) is 16.6. The maximum Gasteiger partial charge on any atom is 0.246 e. The minimum Gasteiger partial charge on any atom is -0.335 e. The summed E-state index contributed by atoms with van der Waals surface area (Å²) in [4.78, 5) is 14.0. The summed E-state index contributed by atoms with van der Waals surface area (Å²) < 4.78 is 13.5. The number of nitrogens with zero attached hydrogens (tertiary/aromatic N) is 1. The van der Waals surface area contributed by atoms with Crippen molar-refractivity contribution in [3.8, 4) is 0 Å². The van der Waals surface area contributed by atoms with Crippen LogP contribution in [0.15, 0.2) is 66.7 Å². The number of halogens is 1. The van der Waals surface area contributed by atoms with Gasteiger partial charge in [-0.1, -0.05) is 54.6 Å². The van der Waals surface area contributed by atoms with E-state index in [0.717, 1.165) is 6.42 Å². The van der Waals surface area contributed by atoms with Crippen LogP contribution in [0.25, 0.3) is 11.6 Å². The average molecular weight is 307 g/mol. The molecule has 0 aliphatic carbocycles. The first kappa shape index (κ1) is 15.2. The van der Waals surface area contributed by atoms with Gasteiger partial charge in [0.25, 0.3) is 0 Å². The molecule has 1 aliphatic heterocycles. The summed E-state index contributed by atoms with van der Waals surface area (Å²) in [6.45, 7) is 1.27. The first-order valence-corrected chi connectivity index (χ1v) is 7.70. The fraction of sp³-hybridized carbons (Fsp3) is 0.150. The van der Waals surface area contributed by atoms with Crippen molar-refractivity contribution >= 4 is 17.6 Å². The average Bonchev–Trinajstić information content (AvgIpc) is 2.62. The lowest BCUT2D eigenvalue weighted by atomic mass is 9.99. The van der Waals surface area contributed by atoms with E-state index < -0.39 is 0 Å². The second-order valence-corrected chi connectivity index (χ2v) is 5.48. The van der Waals surface area contributed by atoms with E-state index in [0.29, 0.717) is 18.7 Å². The van der Waals surface area contributed by atoms with Crippen molar-refractivity contribution < 1.29 is 9.18 Å². The second-order valence-electron chi connectivity index (χ2n) is 5.48. The van der Waals surface area contributed by atoms with E-state index >= 15 is 0 Å². The number of rotatable bonds is 3. The highest BCUT2D eigenvalue weighted by atomic mass is 19.1. The molecule has 0 saturated carbocycles. The predicted molar refractivity (Wildman–Crippen MR) is 91.1 cm³/mol. The molecule has 2 aromatic rings. The van der Waals surface area contributed by atoms with Crippen molar-refractivity contribution in [3.63, 3.8) is 0 Å². The van der Waals surface area contributed by atoms with Gasteiger partial charge in [0.05, 0.1) is 0 Å². The van der Waals surface area contributed by atoms with Crippen LogP contribution in [-0.4, -0.2) is 23.9 Å². The third kappa shape index (κ3) is 3.75. The van der Waals surface area contributed by atoms with Crippen LogP contribution in [0.1, 0.15) is 17.5 Å². The van der Waals surface area contributed by atoms with Gasteiger partial charge in [0.1, 0.15) is 5.82 Å². The molecule has 0 radical (unpaired) electrons. The molecule has 0 fully saturated rings. The molecule has 116 valence electrons. The minimum atomic E-state index is -0.318. The van der Waals surface area contributed by atoms with Gasteiger partial charge >= 0.3 is 0 Å². The van der Waals surface area contributed by atoms with Crippen molar-refractivity contribution in [1.29, 1.82) is 0 Å². The molecule has 0 bridgehead atoms. The lowest BCUT2D eigenvalue weighted by Gasteiger charge is -2.25. The highest BCUT2D eigenvalue weighted by molar-refractivity contribution is 5.92. The molecule has 0 N–H and O–H groups in total. The number of hydrogen-bond acceptors (Lipinski definition) is 1. The predicted octanol–water partition coefficient (Wildman–Crippen LogP) is 4.15. The molecule has 0 unspecified atom stereocenters. The molecule has 23 heavy (non-hydrogen) atoms. The van der Waals surface area contributed by atoms with Crippen molar-refractivity contribution in [2.45, 2.75) is 6.42 Å². The summed E-state index contributed by atoms with van der Waals surface area (Å²) in [5.41, 5.74) is 2.91. The molecule has 1 amide bonds. The van der Waals surface area contributed by atoms with Crippen LogP contribution < -0.4 is 0 Å². The summed E-state index contributed by atoms with van der Waals surface area (Å²) in [6.07, 6.45) is 5.91. The van der Waals surface area contributed by atoms with Crippen molar-refractivity contribution in [1.82, 2.24) is 4.90 Å². The van der Waals surface area contributed by atoms with Crippen LogP contribution in [0.5, 0.6) is 0 Å². The van der Waals surface area contributed by atoms with Crippen molar-refractivity contribution in [2.75, 3.05) is 13.1 Å². The van der Waals surface area contributed by atoms with Gasteiger partial charge in [-0.2, -0.15) is 0 Å². The van der Waals surface area contributed by atoms with Crippen molar-refractivity contribution in [2.24, 2.45) is 0 Å². The normalized spacial score (nSPS) is 14.8. The first-order valence-electron chi connectivity index (χ1n) is 7.70. The van der Waals surface area contributed by atoms with Crippen molar-refractivity contribution in [3.05, 3.63) is 83.7 Å². The molecule has 0 aromatic heterocycles. The Morgan fingerprint density at radius 1 is 1.04 bits per heavy atom. The summed E-state index contributed by atoms with van der Waals surface area (Å²) in [5, 5.41) is 0. The van der Waals surface area contributed by atoms with Crippen LogP contribution in [0.3, 0.4) is 0 Å². The van der Waals surface area contributed by atoms with Gasteiger partial charge in [0.2, 0.25) is 5.91 Å². The number of amides is 1. The largest absolute Gasteiger partial charge is 0.335 e. The fourth-order valence-corrected chi connectivity index (χ4v) is 2.66. The van der Waals surface area contributed by atoms with Crippen LogP contribution in [-0.2, 0) is 4.79 Å². The Hall–Kier alpha value is -2.68. The molecule has 1 aliphatic rings. The third-order valence-corrected chi connectivity index (χ3v) is 3.98. The van der Waals surface area contributed by atoms with Gasteiger partial charge in [-0.15, -0.1) is 0 Å². The number of benzene rings is 2. The van der Waals surface area contributed by atoms with E-state index in [2.05, 4.69) is 18.2 Å². The highest BCUT2D eigenvalue weighted by Gasteiger charge is 2.15. The van der Waals surface area contributed by atoms with Gasteiger partial charge in [-0.05, 0) is 29.7 Å². The molecule has 3 heteroatoms. The maximum absolute atomic E-state index is 13.5. The molecular weight excluding hydrogens is 289 g/mol. The van der Waals surface area contributed by atoms with E-state index in [1.54, 1.807) is 23.1 Å². The molecule has 2 nitrogen and oxygen atoms in total. The molecule has 0 spiro atoms. The molecule has 0 saturated heterocycles. The van der Waals surface area contributed by atoms with E-state index in [4.69, 9.17) is 0 Å². The van der Waals surface area contributed by atoms with E-state index in [-0.39, 0.29) is 11.7 Å². The zero-order valence-corrected chi connectivity index (χ0v) is 12.8. The zero-order chi connectivity index (χ0) is 16.1. The smallest absolute Gasteiger partial charge is 0.246 e. The molecule has 3 rings (SSSR count). The molecule has 2 aromatic carbocycles. The van der Waals surface area contributed by atoms with Crippen LogP contribution in [0.4, 0.5) is 4.39 Å². The van der Waals surface area contributed by atoms with E-state index in [1.165, 1.54) is 29.4 Å². The van der Waals surface area contributed by atoms with Crippen LogP contribution in [0, 0.1) is 5.82 Å². The fourth-order valence-electron chi connectivity index (χ4n) is 2.66. The quantitative estimate of drug-likeness (QED) is 0.780. The Morgan fingerprint density at radius 2 is 1.78 bits per heavy atom. The summed E-state index contributed by atoms with van der Waals surface area (Å²) >= 11 is 0. The first-order chi connectivity index (χ1) is 11.2. The maximum atomic E-state index is 13.5. The second kappa shape index (κ2) is 7.05. The lowest BCUT2D eigenvalue weighted by Crippen LogP contribution is -2.33. The third-order valence-electron chi connectivity index (χ3n) is 3.98. The summed E-state index contributed by atoms with van der Waals surface area (Å²) in [7, 11) is 0. The Kier molecular flexibility index (Phi) is 4.67. The lowest BCUT2D eigenvalue weighted by molar-refractivity contribution is -0.125. The van der Waals surface area contributed by atoms with Gasteiger partial charge in [0.15, 0.2) is 0 Å². The van der Waals surface area contributed by atoms with Gasteiger partial charge in [-0.25, -0.2) is 4.39 Å². The Balaban J connectivity index is 1.64. The zero-order valence-electron chi connectivity index (χ0n) is 12.8. The SMILES string of the molecule is O=C(/C=C/c1ccccc1F)N1CC=C(c2ccccc2)CC1. The number of carbonyl (C=O) groups is 1.